The van der Waals surface area contributed by atoms with E-state index >= 15 is 0 Å². The molecule has 0 N–H and O–H groups in total. The second-order valence-electron chi connectivity index (χ2n) is 4.50. The standard InChI is InChI=1S/2C5H12.K.2H3O3PS/c2*1-4-5(2)3;;2*1-4(2,3)5/h2*5H,4H2,1-3H3;;2*(H3,1,2,3,5)/q;;+1;;/p-6. The van der Waals surface area contributed by atoms with Crippen molar-refractivity contribution in [3.8, 4) is 0 Å². The van der Waals surface area contributed by atoms with Gasteiger partial charge in [-0.25, -0.2) is 0 Å². The largest absolute Gasteiger partial charge is 1.00 e. The van der Waals surface area contributed by atoms with Gasteiger partial charge in [0.25, 0.3) is 0 Å². The van der Waals surface area contributed by atoms with Crippen LogP contribution in [0.1, 0.15) is 54.4 Å². The minimum Gasteiger partial charge on any atom is -0.844 e. The molecule has 0 saturated carbocycles. The molecule has 0 bridgehead atoms. The summed E-state index contributed by atoms with van der Waals surface area (Å²) in [6, 6.07) is 0. The van der Waals surface area contributed by atoms with Gasteiger partial charge >= 0.3 is 51.4 Å². The molecule has 0 spiro atoms. The Labute approximate surface area is 181 Å². The van der Waals surface area contributed by atoms with E-state index in [4.69, 9.17) is 29.4 Å². The van der Waals surface area contributed by atoms with Gasteiger partial charge in [-0.2, -0.15) is 23.6 Å². The van der Waals surface area contributed by atoms with Crippen molar-refractivity contribution < 1.29 is 80.7 Å². The molecule has 0 aromatic rings. The molecule has 0 rings (SSSR count). The minimum atomic E-state index is -4.56. The Balaban J connectivity index is -0.0000000533. The van der Waals surface area contributed by atoms with Crippen LogP contribution >= 0.6 is 13.4 Å². The Kier molecular flexibility index (Phi) is 34.5. The van der Waals surface area contributed by atoms with Crippen molar-refractivity contribution in [2.24, 2.45) is 11.8 Å². The van der Waals surface area contributed by atoms with Gasteiger partial charge in [-0.3, -0.25) is 0 Å². The Morgan fingerprint density at radius 2 is 0.714 bits per heavy atom. The molecular formula is C10H24KO6P2S2-5. The summed E-state index contributed by atoms with van der Waals surface area (Å²) in [5, 5.41) is 0. The van der Waals surface area contributed by atoms with Gasteiger partial charge in [0, 0.05) is 0 Å². The minimum absolute atomic E-state index is 0. The van der Waals surface area contributed by atoms with Gasteiger partial charge in [0.2, 0.25) is 0 Å². The van der Waals surface area contributed by atoms with Crippen LogP contribution < -0.4 is 80.7 Å². The molecular weight excluding hydrogens is 381 g/mol. The Morgan fingerprint density at radius 1 is 0.667 bits per heavy atom. The summed E-state index contributed by atoms with van der Waals surface area (Å²) in [6.07, 6.45) is 2.61. The third-order valence-electron chi connectivity index (χ3n) is 1.63. The second kappa shape index (κ2) is 20.7. The Bertz CT molecular complexity index is 236. The average Bonchev–Trinajstić information content (AvgIpc) is 2.13. The van der Waals surface area contributed by atoms with E-state index in [1.54, 1.807) is 0 Å². The van der Waals surface area contributed by atoms with E-state index in [0.717, 1.165) is 11.8 Å². The topological polar surface area (TPSA) is 138 Å². The average molecular weight is 405 g/mol. The van der Waals surface area contributed by atoms with Gasteiger partial charge in [0.1, 0.15) is 0 Å². The van der Waals surface area contributed by atoms with Gasteiger partial charge in [0.15, 0.2) is 0 Å². The summed E-state index contributed by atoms with van der Waals surface area (Å²) in [5.74, 6) is 1.77. The first-order valence-electron chi connectivity index (χ1n) is 6.00. The van der Waals surface area contributed by atoms with E-state index in [-0.39, 0.29) is 51.4 Å². The van der Waals surface area contributed by atoms with Crippen LogP contribution in [0.15, 0.2) is 0 Å². The molecule has 0 aromatic carbocycles. The van der Waals surface area contributed by atoms with E-state index in [1.807, 2.05) is 0 Å². The molecule has 0 fully saturated rings. The predicted molar refractivity (Wildman–Crippen MR) is 78.8 cm³/mol. The van der Waals surface area contributed by atoms with E-state index in [2.05, 4.69) is 65.2 Å². The van der Waals surface area contributed by atoms with Crippen LogP contribution in [0.25, 0.3) is 0 Å². The summed E-state index contributed by atoms with van der Waals surface area (Å²) < 4.78 is 0. The van der Waals surface area contributed by atoms with Crippen LogP contribution in [0.3, 0.4) is 0 Å². The third-order valence-corrected chi connectivity index (χ3v) is 1.63. The quantitative estimate of drug-likeness (QED) is 0.332. The first kappa shape index (κ1) is 34.9. The van der Waals surface area contributed by atoms with Crippen LogP contribution in [0.2, 0.25) is 0 Å². The molecule has 0 aliphatic carbocycles. The van der Waals surface area contributed by atoms with E-state index in [1.165, 1.54) is 12.8 Å². The van der Waals surface area contributed by atoms with Crippen molar-refractivity contribution in [3.05, 3.63) is 0 Å². The first-order valence-corrected chi connectivity index (χ1v) is 11.1. The van der Waals surface area contributed by atoms with Crippen molar-refractivity contribution in [3.63, 3.8) is 0 Å². The summed E-state index contributed by atoms with van der Waals surface area (Å²) in [6.45, 7) is 4.18. The Morgan fingerprint density at radius 3 is 0.714 bits per heavy atom. The van der Waals surface area contributed by atoms with Gasteiger partial charge in [0.05, 0.1) is 0 Å². The molecule has 0 atom stereocenters. The summed E-state index contributed by atoms with van der Waals surface area (Å²) in [5.41, 5.74) is 0. The molecule has 11 heteroatoms. The van der Waals surface area contributed by atoms with Crippen molar-refractivity contribution in [2.45, 2.75) is 54.4 Å². The Hall–Kier alpha value is 2.70. The van der Waals surface area contributed by atoms with E-state index in [9.17, 15) is 0 Å². The monoisotopic (exact) mass is 405 g/mol. The zero-order valence-corrected chi connectivity index (χ0v) is 20.3. The molecule has 21 heavy (non-hydrogen) atoms. The molecule has 0 saturated heterocycles. The molecule has 0 radical (unpaired) electrons. The third kappa shape index (κ3) is 217. The summed E-state index contributed by atoms with van der Waals surface area (Å²) in [7, 11) is 0. The smallest absolute Gasteiger partial charge is 0.844 e. The van der Waals surface area contributed by atoms with Gasteiger partial charge < -0.3 is 42.8 Å². The first-order chi connectivity index (χ1) is 8.54. The molecule has 0 aliphatic rings. The maximum atomic E-state index is 8.92. The van der Waals surface area contributed by atoms with Crippen LogP contribution in [-0.2, 0) is 23.6 Å². The molecule has 0 amide bonds. The molecule has 0 heterocycles. The van der Waals surface area contributed by atoms with Crippen molar-refractivity contribution in [1.82, 2.24) is 0 Å². The predicted octanol–water partition coefficient (Wildman–Crippen LogP) is -4.31. The van der Waals surface area contributed by atoms with Crippen LogP contribution in [-0.4, -0.2) is 0 Å². The van der Waals surface area contributed by atoms with Crippen LogP contribution in [0.5, 0.6) is 0 Å². The van der Waals surface area contributed by atoms with Crippen molar-refractivity contribution >= 4 is 37.1 Å². The molecule has 0 aromatic heterocycles. The van der Waals surface area contributed by atoms with Gasteiger partial charge in [-0.15, -0.1) is 0 Å². The molecule has 128 valence electrons. The molecule has 0 aliphatic heterocycles. The maximum absolute atomic E-state index is 8.92. The molecule has 0 unspecified atom stereocenters. The van der Waals surface area contributed by atoms with Crippen molar-refractivity contribution in [2.75, 3.05) is 0 Å². The number of hydrogen-bond acceptors (Lipinski definition) is 8. The SMILES string of the molecule is CCC(C)C.CCC(C)C.[K+].[O-]P([O-])([O-])=S.[O-]P([O-])([O-])=S. The van der Waals surface area contributed by atoms with Crippen LogP contribution in [0.4, 0.5) is 0 Å². The summed E-state index contributed by atoms with van der Waals surface area (Å²) >= 11 is 6.54. The summed E-state index contributed by atoms with van der Waals surface area (Å²) in [4.78, 5) is 53.5. The normalized spacial score (nSPS) is 10.2. The fourth-order valence-corrected chi connectivity index (χ4v) is 0. The van der Waals surface area contributed by atoms with Crippen molar-refractivity contribution in [1.29, 1.82) is 0 Å². The van der Waals surface area contributed by atoms with E-state index in [0.29, 0.717) is 0 Å². The number of rotatable bonds is 2. The zero-order chi connectivity index (χ0) is 17.6. The second-order valence-corrected chi connectivity index (χ2v) is 8.97. The maximum Gasteiger partial charge on any atom is 1.00 e. The fourth-order valence-electron chi connectivity index (χ4n) is 0. The van der Waals surface area contributed by atoms with Crippen LogP contribution in [0, 0.1) is 11.8 Å². The fraction of sp³-hybridized carbons (Fsp3) is 1.00. The molecule has 6 nitrogen and oxygen atoms in total. The van der Waals surface area contributed by atoms with Gasteiger partial charge in [-0.1, -0.05) is 54.4 Å². The number of hydrogen-bond donors (Lipinski definition) is 0. The zero-order valence-electron chi connectivity index (χ0n) is 13.7. The van der Waals surface area contributed by atoms with E-state index < -0.39 is 13.4 Å². The van der Waals surface area contributed by atoms with Gasteiger partial charge in [-0.05, 0) is 11.8 Å².